The van der Waals surface area contributed by atoms with E-state index in [1.807, 2.05) is 0 Å². The molecule has 0 saturated carbocycles. The van der Waals surface area contributed by atoms with Crippen LogP contribution in [0.25, 0.3) is 0 Å². The van der Waals surface area contributed by atoms with Gasteiger partial charge in [0.1, 0.15) is 23.5 Å². The van der Waals surface area contributed by atoms with E-state index in [-0.39, 0.29) is 11.4 Å². The van der Waals surface area contributed by atoms with E-state index in [9.17, 15) is 18.7 Å². The quantitative estimate of drug-likeness (QED) is 0.868. The lowest BCUT2D eigenvalue weighted by Gasteiger charge is -2.28. The van der Waals surface area contributed by atoms with E-state index in [4.69, 9.17) is 0 Å². The van der Waals surface area contributed by atoms with Crippen LogP contribution in [0.3, 0.4) is 0 Å². The Hall–Kier alpha value is -2.21. The average molecular weight is 278 g/mol. The molecule has 0 amide bonds. The van der Waals surface area contributed by atoms with Gasteiger partial charge in [-0.2, -0.15) is 0 Å². The van der Waals surface area contributed by atoms with Gasteiger partial charge in [0.05, 0.1) is 29.7 Å². The van der Waals surface area contributed by atoms with Crippen molar-refractivity contribution in [2.75, 3.05) is 0 Å². The molecular formula is C14H12F2N2O2. The molecule has 2 heterocycles. The van der Waals surface area contributed by atoms with Gasteiger partial charge < -0.3 is 9.90 Å². The van der Waals surface area contributed by atoms with Crippen molar-refractivity contribution in [2.24, 2.45) is 0 Å². The summed E-state index contributed by atoms with van der Waals surface area (Å²) in [7, 11) is 0. The highest BCUT2D eigenvalue weighted by Gasteiger charge is 2.37. The van der Waals surface area contributed by atoms with Crippen LogP contribution >= 0.6 is 0 Å². The van der Waals surface area contributed by atoms with Crippen LogP contribution in [0.15, 0.2) is 36.7 Å². The van der Waals surface area contributed by atoms with Crippen molar-refractivity contribution in [3.8, 4) is 0 Å². The summed E-state index contributed by atoms with van der Waals surface area (Å²) >= 11 is 0. The lowest BCUT2D eigenvalue weighted by molar-refractivity contribution is -0.115. The third kappa shape index (κ3) is 2.70. The minimum Gasteiger partial charge on any atom is -0.383 e. The Morgan fingerprint density at radius 2 is 1.75 bits per heavy atom. The van der Waals surface area contributed by atoms with Crippen LogP contribution in [0.5, 0.6) is 0 Å². The molecule has 104 valence electrons. The molecule has 0 aliphatic rings. The van der Waals surface area contributed by atoms with Crippen molar-refractivity contribution >= 4 is 6.29 Å². The van der Waals surface area contributed by atoms with Crippen molar-refractivity contribution in [3.63, 3.8) is 0 Å². The normalized spacial score (nSPS) is 15.4. The molecule has 0 aliphatic heterocycles. The van der Waals surface area contributed by atoms with Crippen LogP contribution in [-0.2, 0) is 10.4 Å². The first-order valence-electron chi connectivity index (χ1n) is 5.86. The van der Waals surface area contributed by atoms with Gasteiger partial charge in [-0.25, -0.2) is 8.78 Å². The molecule has 0 radical (unpaired) electrons. The summed E-state index contributed by atoms with van der Waals surface area (Å²) in [6.07, 6.45) is 2.41. The minimum absolute atomic E-state index is 0.127. The molecule has 20 heavy (non-hydrogen) atoms. The van der Waals surface area contributed by atoms with Crippen LogP contribution < -0.4 is 0 Å². The Morgan fingerprint density at radius 1 is 1.15 bits per heavy atom. The number of carbonyl (C=O) groups is 1. The maximum absolute atomic E-state index is 12.9. The van der Waals surface area contributed by atoms with Crippen molar-refractivity contribution < 1.29 is 18.7 Å². The summed E-state index contributed by atoms with van der Waals surface area (Å²) in [4.78, 5) is 18.8. The van der Waals surface area contributed by atoms with Gasteiger partial charge in [-0.15, -0.1) is 0 Å². The van der Waals surface area contributed by atoms with E-state index in [1.54, 1.807) is 0 Å². The molecule has 2 aromatic heterocycles. The van der Waals surface area contributed by atoms with Gasteiger partial charge >= 0.3 is 0 Å². The van der Waals surface area contributed by atoms with E-state index in [0.717, 1.165) is 24.5 Å². The third-order valence-electron chi connectivity index (χ3n) is 3.06. The number of nitrogens with zero attached hydrogens (tertiary/aromatic N) is 2. The fourth-order valence-electron chi connectivity index (χ4n) is 1.90. The summed E-state index contributed by atoms with van der Waals surface area (Å²) in [5.41, 5.74) is -1.35. The van der Waals surface area contributed by atoms with Crippen LogP contribution in [0, 0.1) is 11.6 Å². The van der Waals surface area contributed by atoms with Crippen LogP contribution in [0.2, 0.25) is 0 Å². The second-order valence-electron chi connectivity index (χ2n) is 4.52. The van der Waals surface area contributed by atoms with E-state index < -0.39 is 23.2 Å². The van der Waals surface area contributed by atoms with Gasteiger partial charge in [0.2, 0.25) is 0 Å². The van der Waals surface area contributed by atoms with Crippen molar-refractivity contribution in [1.29, 1.82) is 0 Å². The molecular weight excluding hydrogens is 266 g/mol. The smallest absolute Gasteiger partial charge is 0.141 e. The molecule has 0 fully saturated rings. The first-order valence-corrected chi connectivity index (χ1v) is 5.86. The van der Waals surface area contributed by atoms with Crippen LogP contribution in [-0.4, -0.2) is 21.4 Å². The topological polar surface area (TPSA) is 63.1 Å². The Kier molecular flexibility index (Phi) is 3.85. The summed E-state index contributed by atoms with van der Waals surface area (Å²) in [6, 6.07) is 4.88. The number of hydrogen-bond acceptors (Lipinski definition) is 4. The molecule has 6 heteroatoms. The average Bonchev–Trinajstić information content (AvgIpc) is 2.42. The number of halogens is 2. The lowest BCUT2D eigenvalue weighted by atomic mass is 9.84. The summed E-state index contributed by atoms with van der Waals surface area (Å²) in [6.45, 7) is 1.37. The number of carbonyl (C=O) groups excluding carboxylic acids is 1. The molecule has 0 spiro atoms. The standard InChI is InChI=1S/C14H12F2N2O2/c1-14(20,13-5-3-10(16)7-18-13)11(8-19)12-4-2-9(15)6-17-12/h2-8,11,20H,1H3. The SMILES string of the molecule is CC(O)(c1ccc(F)cn1)C(C=O)c1ccc(F)cn1. The van der Waals surface area contributed by atoms with Gasteiger partial charge in [-0.3, -0.25) is 9.97 Å². The van der Waals surface area contributed by atoms with Gasteiger partial charge in [0.25, 0.3) is 0 Å². The number of pyridine rings is 2. The van der Waals surface area contributed by atoms with Gasteiger partial charge in [0, 0.05) is 0 Å². The summed E-state index contributed by atoms with van der Waals surface area (Å²) < 4.78 is 25.7. The van der Waals surface area contributed by atoms with Gasteiger partial charge in [-0.05, 0) is 31.2 Å². The second-order valence-corrected chi connectivity index (χ2v) is 4.52. The number of aromatic nitrogens is 2. The molecule has 0 aliphatic carbocycles. The molecule has 2 rings (SSSR count). The fraction of sp³-hybridized carbons (Fsp3) is 0.214. The predicted molar refractivity (Wildman–Crippen MR) is 66.8 cm³/mol. The first kappa shape index (κ1) is 14.2. The predicted octanol–water partition coefficient (Wildman–Crippen LogP) is 1.94. The lowest BCUT2D eigenvalue weighted by Crippen LogP contribution is -2.32. The monoisotopic (exact) mass is 278 g/mol. The molecule has 2 unspecified atom stereocenters. The Bertz CT molecular complexity index is 598. The first-order chi connectivity index (χ1) is 9.45. The van der Waals surface area contributed by atoms with Crippen molar-refractivity contribution in [1.82, 2.24) is 9.97 Å². The Labute approximate surface area is 114 Å². The van der Waals surface area contributed by atoms with E-state index in [2.05, 4.69) is 9.97 Å². The zero-order valence-corrected chi connectivity index (χ0v) is 10.6. The molecule has 0 aromatic carbocycles. The Morgan fingerprint density at radius 3 is 2.20 bits per heavy atom. The Balaban J connectivity index is 2.41. The fourth-order valence-corrected chi connectivity index (χ4v) is 1.90. The maximum Gasteiger partial charge on any atom is 0.141 e. The second kappa shape index (κ2) is 5.42. The molecule has 2 atom stereocenters. The van der Waals surface area contributed by atoms with E-state index >= 15 is 0 Å². The molecule has 0 bridgehead atoms. The van der Waals surface area contributed by atoms with Gasteiger partial charge in [-0.1, -0.05) is 0 Å². The van der Waals surface area contributed by atoms with Crippen LogP contribution in [0.4, 0.5) is 8.78 Å². The summed E-state index contributed by atoms with van der Waals surface area (Å²) in [5, 5.41) is 10.5. The van der Waals surface area contributed by atoms with Gasteiger partial charge in [0.15, 0.2) is 0 Å². The zero-order chi connectivity index (χ0) is 14.8. The number of aldehydes is 1. The number of rotatable bonds is 4. The highest BCUT2D eigenvalue weighted by molar-refractivity contribution is 5.63. The molecule has 0 saturated heterocycles. The molecule has 2 aromatic rings. The maximum atomic E-state index is 12.9. The highest BCUT2D eigenvalue weighted by Crippen LogP contribution is 2.33. The van der Waals surface area contributed by atoms with Crippen molar-refractivity contribution in [3.05, 3.63) is 59.7 Å². The minimum atomic E-state index is -1.68. The summed E-state index contributed by atoms with van der Waals surface area (Å²) in [5.74, 6) is -2.13. The van der Waals surface area contributed by atoms with Crippen molar-refractivity contribution in [2.45, 2.75) is 18.4 Å². The molecule has 4 nitrogen and oxygen atoms in total. The van der Waals surface area contributed by atoms with E-state index in [0.29, 0.717) is 6.29 Å². The zero-order valence-electron chi connectivity index (χ0n) is 10.6. The highest BCUT2D eigenvalue weighted by atomic mass is 19.1. The number of hydrogen-bond donors (Lipinski definition) is 1. The van der Waals surface area contributed by atoms with E-state index in [1.165, 1.54) is 19.1 Å². The third-order valence-corrected chi connectivity index (χ3v) is 3.06. The largest absolute Gasteiger partial charge is 0.383 e. The number of aliphatic hydroxyl groups is 1. The molecule has 1 N–H and O–H groups in total. The van der Waals surface area contributed by atoms with Crippen LogP contribution in [0.1, 0.15) is 24.2 Å².